The highest BCUT2D eigenvalue weighted by Crippen LogP contribution is 2.69. The van der Waals surface area contributed by atoms with Gasteiger partial charge in [0.1, 0.15) is 13.2 Å². The molecule has 158 valence electrons. The average molecular weight is 401 g/mol. The molecule has 5 rings (SSSR count). The number of ether oxygens (including phenoxy) is 2. The van der Waals surface area contributed by atoms with Crippen LogP contribution in [0, 0.1) is 34.5 Å². The van der Waals surface area contributed by atoms with E-state index in [4.69, 9.17) is 14.6 Å². The molecule has 1 N–H and O–H groups in total. The SMILES string of the molecule is C=C(COC(=O)CO)[C@H]1CCC2C3C[C@@H]4OC[C@@]5(CCC(=O)C=C45)C3CC[C@@]21C. The molecule has 5 nitrogen and oxygen atoms in total. The number of hydrogen-bond acceptors (Lipinski definition) is 5. The topological polar surface area (TPSA) is 72.8 Å². The number of esters is 1. The normalized spacial score (nSPS) is 45.1. The van der Waals surface area contributed by atoms with Crippen molar-refractivity contribution in [1.82, 2.24) is 0 Å². The quantitative estimate of drug-likeness (QED) is 0.579. The van der Waals surface area contributed by atoms with Crippen LogP contribution in [0.3, 0.4) is 0 Å². The predicted molar refractivity (Wildman–Crippen MR) is 107 cm³/mol. The van der Waals surface area contributed by atoms with E-state index in [1.54, 1.807) is 0 Å². The Bertz CT molecular complexity index is 784. The van der Waals surface area contributed by atoms with Gasteiger partial charge in [0.2, 0.25) is 0 Å². The van der Waals surface area contributed by atoms with E-state index in [0.29, 0.717) is 30.1 Å². The summed E-state index contributed by atoms with van der Waals surface area (Å²) in [6.07, 6.45) is 9.37. The van der Waals surface area contributed by atoms with Crippen LogP contribution >= 0.6 is 0 Å². The zero-order valence-corrected chi connectivity index (χ0v) is 17.3. The molecule has 1 aliphatic heterocycles. The number of ketones is 1. The van der Waals surface area contributed by atoms with E-state index in [1.807, 2.05) is 6.08 Å². The van der Waals surface area contributed by atoms with Crippen molar-refractivity contribution in [2.45, 2.75) is 58.0 Å². The van der Waals surface area contributed by atoms with Gasteiger partial charge >= 0.3 is 5.97 Å². The molecule has 5 heteroatoms. The van der Waals surface area contributed by atoms with Gasteiger partial charge in [-0.25, -0.2) is 4.79 Å². The van der Waals surface area contributed by atoms with Crippen LogP contribution in [0.15, 0.2) is 23.8 Å². The average Bonchev–Trinajstić information content (AvgIpc) is 3.19. The smallest absolute Gasteiger partial charge is 0.332 e. The number of carbonyl (C=O) groups is 2. The summed E-state index contributed by atoms with van der Waals surface area (Å²) in [5.41, 5.74) is 2.60. The van der Waals surface area contributed by atoms with E-state index in [-0.39, 0.29) is 29.3 Å². The third-order valence-electron chi connectivity index (χ3n) is 9.27. The van der Waals surface area contributed by atoms with Gasteiger partial charge in [-0.1, -0.05) is 13.5 Å². The van der Waals surface area contributed by atoms with Crippen LogP contribution in [-0.2, 0) is 19.1 Å². The van der Waals surface area contributed by atoms with E-state index >= 15 is 0 Å². The Morgan fingerprint density at radius 3 is 2.93 bits per heavy atom. The van der Waals surface area contributed by atoms with Crippen molar-refractivity contribution in [2.75, 3.05) is 19.8 Å². The third-order valence-corrected chi connectivity index (χ3v) is 9.27. The van der Waals surface area contributed by atoms with Crippen molar-refractivity contribution in [1.29, 1.82) is 0 Å². The maximum absolute atomic E-state index is 12.1. The van der Waals surface area contributed by atoms with Gasteiger partial charge in [-0.15, -0.1) is 0 Å². The Morgan fingerprint density at radius 1 is 1.31 bits per heavy atom. The molecule has 4 fully saturated rings. The second-order valence-electron chi connectivity index (χ2n) is 10.3. The number of hydrogen-bond donors (Lipinski definition) is 1. The molecule has 1 saturated heterocycles. The van der Waals surface area contributed by atoms with Crippen LogP contribution in [0.4, 0.5) is 0 Å². The van der Waals surface area contributed by atoms with Crippen molar-refractivity contribution in [3.63, 3.8) is 0 Å². The maximum atomic E-state index is 12.1. The highest BCUT2D eigenvalue weighted by atomic mass is 16.5. The van der Waals surface area contributed by atoms with Crippen LogP contribution in [0.5, 0.6) is 0 Å². The molecule has 4 aliphatic carbocycles. The Labute approximate surface area is 172 Å². The first-order valence-corrected chi connectivity index (χ1v) is 11.2. The third kappa shape index (κ3) is 2.73. The molecule has 0 spiro atoms. The number of rotatable bonds is 4. The Hall–Kier alpha value is -1.46. The lowest BCUT2D eigenvalue weighted by Gasteiger charge is -2.57. The Kier molecular flexibility index (Phi) is 4.56. The van der Waals surface area contributed by atoms with Crippen LogP contribution in [0.2, 0.25) is 0 Å². The maximum Gasteiger partial charge on any atom is 0.332 e. The molecule has 0 aromatic rings. The molecule has 7 atom stereocenters. The van der Waals surface area contributed by atoms with Gasteiger partial charge in [0.15, 0.2) is 5.78 Å². The number of fused-ring (bicyclic) bond motifs is 3. The zero-order chi connectivity index (χ0) is 20.4. The van der Waals surface area contributed by atoms with Crippen LogP contribution in [-0.4, -0.2) is 42.8 Å². The van der Waals surface area contributed by atoms with E-state index in [0.717, 1.165) is 37.9 Å². The lowest BCUT2D eigenvalue weighted by atomic mass is 9.46. The summed E-state index contributed by atoms with van der Waals surface area (Å²) in [5, 5.41) is 8.90. The molecule has 0 aromatic heterocycles. The van der Waals surface area contributed by atoms with Gasteiger partial charge in [0, 0.05) is 11.8 Å². The van der Waals surface area contributed by atoms with Crippen LogP contribution in [0.1, 0.15) is 51.9 Å². The minimum atomic E-state index is -0.583. The van der Waals surface area contributed by atoms with Crippen LogP contribution < -0.4 is 0 Å². The second-order valence-corrected chi connectivity index (χ2v) is 10.3. The number of aliphatic hydroxyl groups excluding tert-OH is 1. The first kappa shape index (κ1) is 19.5. The summed E-state index contributed by atoms with van der Waals surface area (Å²) < 4.78 is 11.4. The fourth-order valence-corrected chi connectivity index (χ4v) is 8.03. The van der Waals surface area contributed by atoms with Crippen LogP contribution in [0.25, 0.3) is 0 Å². The fourth-order valence-electron chi connectivity index (χ4n) is 8.03. The standard InChI is InChI=1S/C24H32O5/c1-14(12-28-22(27)11-25)17-3-4-18-16-10-21-20-9-15(26)5-8-24(20,13-29-21)19(16)6-7-23(17,18)2/h9,16-19,21,25H,1,3-8,10-13H2,2H3/t16?,17-,18?,19?,21+,23-,24+/m1/s1. The highest BCUT2D eigenvalue weighted by Gasteiger charge is 2.64. The Morgan fingerprint density at radius 2 is 2.14 bits per heavy atom. The van der Waals surface area contributed by atoms with Gasteiger partial charge < -0.3 is 14.6 Å². The summed E-state index contributed by atoms with van der Waals surface area (Å²) in [5.74, 6) is 1.96. The van der Waals surface area contributed by atoms with E-state index < -0.39 is 12.6 Å². The molecule has 3 saturated carbocycles. The predicted octanol–water partition coefficient (Wildman–Crippen LogP) is 3.22. The molecule has 3 unspecified atom stereocenters. The first-order chi connectivity index (χ1) is 13.9. The summed E-state index contributed by atoms with van der Waals surface area (Å²) in [6.45, 7) is 7.12. The summed E-state index contributed by atoms with van der Waals surface area (Å²) in [7, 11) is 0. The van der Waals surface area contributed by atoms with E-state index in [1.165, 1.54) is 18.4 Å². The minimum Gasteiger partial charge on any atom is -0.459 e. The number of aliphatic hydroxyl groups is 1. The van der Waals surface area contributed by atoms with Gasteiger partial charge in [-0.3, -0.25) is 4.79 Å². The van der Waals surface area contributed by atoms with Gasteiger partial charge in [-0.05, 0) is 84.8 Å². The van der Waals surface area contributed by atoms with Crippen molar-refractivity contribution in [3.05, 3.63) is 23.8 Å². The molecular weight excluding hydrogens is 368 g/mol. The van der Waals surface area contributed by atoms with E-state index in [9.17, 15) is 9.59 Å². The highest BCUT2D eigenvalue weighted by molar-refractivity contribution is 5.92. The minimum absolute atomic E-state index is 0.106. The van der Waals surface area contributed by atoms with Gasteiger partial charge in [0.25, 0.3) is 0 Å². The second kappa shape index (κ2) is 6.78. The monoisotopic (exact) mass is 400 g/mol. The summed E-state index contributed by atoms with van der Waals surface area (Å²) in [6, 6.07) is 0. The molecule has 0 aromatic carbocycles. The molecular formula is C24H32O5. The number of carbonyl (C=O) groups excluding carboxylic acids is 2. The van der Waals surface area contributed by atoms with E-state index in [2.05, 4.69) is 13.5 Å². The fraction of sp³-hybridized carbons (Fsp3) is 0.750. The largest absolute Gasteiger partial charge is 0.459 e. The Balaban J connectivity index is 1.38. The molecule has 5 aliphatic rings. The molecule has 0 amide bonds. The lowest BCUT2D eigenvalue weighted by Crippen LogP contribution is -2.52. The molecule has 2 bridgehead atoms. The van der Waals surface area contributed by atoms with Crippen molar-refractivity contribution in [2.24, 2.45) is 34.5 Å². The van der Waals surface area contributed by atoms with Crippen molar-refractivity contribution < 1.29 is 24.2 Å². The molecule has 1 heterocycles. The van der Waals surface area contributed by atoms with Crippen molar-refractivity contribution in [3.8, 4) is 0 Å². The molecule has 0 radical (unpaired) electrons. The first-order valence-electron chi connectivity index (χ1n) is 11.2. The van der Waals surface area contributed by atoms with Crippen molar-refractivity contribution >= 4 is 11.8 Å². The van der Waals surface area contributed by atoms with Gasteiger partial charge in [-0.2, -0.15) is 0 Å². The summed E-state index contributed by atoms with van der Waals surface area (Å²) in [4.78, 5) is 23.4. The zero-order valence-electron chi connectivity index (χ0n) is 17.3. The summed E-state index contributed by atoms with van der Waals surface area (Å²) >= 11 is 0. The molecule has 29 heavy (non-hydrogen) atoms. The lowest BCUT2D eigenvalue weighted by molar-refractivity contribution is -0.146. The van der Waals surface area contributed by atoms with Gasteiger partial charge in [0.05, 0.1) is 12.7 Å².